The first kappa shape index (κ1) is 12.4. The summed E-state index contributed by atoms with van der Waals surface area (Å²) >= 11 is 0. The number of pyridine rings is 1. The lowest BCUT2D eigenvalue weighted by molar-refractivity contribution is 0.526. The van der Waals surface area contributed by atoms with Crippen molar-refractivity contribution in [1.82, 2.24) is 4.98 Å². The summed E-state index contributed by atoms with van der Waals surface area (Å²) < 4.78 is 0. The van der Waals surface area contributed by atoms with Crippen molar-refractivity contribution in [2.24, 2.45) is 5.73 Å². The van der Waals surface area contributed by atoms with Crippen molar-refractivity contribution in [3.05, 3.63) is 53.9 Å². The maximum Gasteiger partial charge on any atom is 0.0273 e. The molecule has 3 rings (SSSR count). The Morgan fingerprint density at radius 2 is 1.95 bits per heavy atom. The molecule has 0 radical (unpaired) electrons. The van der Waals surface area contributed by atoms with Crippen molar-refractivity contribution in [3.63, 3.8) is 0 Å². The van der Waals surface area contributed by atoms with Gasteiger partial charge in [-0.15, -0.1) is 0 Å². The average Bonchev–Trinajstić information content (AvgIpc) is 2.48. The third-order valence-electron chi connectivity index (χ3n) is 4.11. The summed E-state index contributed by atoms with van der Waals surface area (Å²) in [5.74, 6) is 0.649. The molecule has 1 aromatic heterocycles. The molecule has 0 saturated carbocycles. The van der Waals surface area contributed by atoms with Gasteiger partial charge in [-0.3, -0.25) is 4.98 Å². The maximum atomic E-state index is 5.76. The normalized spacial score (nSPS) is 18.1. The van der Waals surface area contributed by atoms with E-state index in [1.54, 1.807) is 0 Å². The lowest BCUT2D eigenvalue weighted by atomic mass is 9.80. The smallest absolute Gasteiger partial charge is 0.0273 e. The van der Waals surface area contributed by atoms with Crippen molar-refractivity contribution >= 4 is 0 Å². The molecule has 2 heteroatoms. The summed E-state index contributed by atoms with van der Waals surface area (Å²) in [6.07, 6.45) is 8.61. The number of hydrogen-bond acceptors (Lipinski definition) is 2. The topological polar surface area (TPSA) is 38.9 Å². The third kappa shape index (κ3) is 2.54. The van der Waals surface area contributed by atoms with E-state index in [1.807, 2.05) is 12.4 Å². The largest absolute Gasteiger partial charge is 0.330 e. The summed E-state index contributed by atoms with van der Waals surface area (Å²) in [6, 6.07) is 11.0. The van der Waals surface area contributed by atoms with Crippen LogP contribution >= 0.6 is 0 Å². The first-order valence-electron chi connectivity index (χ1n) is 7.12. The first-order valence-corrected chi connectivity index (χ1v) is 7.12. The lowest BCUT2D eigenvalue weighted by Gasteiger charge is -2.26. The van der Waals surface area contributed by atoms with Gasteiger partial charge in [-0.05, 0) is 72.5 Å². The molecular weight excluding hydrogens is 232 g/mol. The molecule has 2 nitrogen and oxygen atoms in total. The van der Waals surface area contributed by atoms with Gasteiger partial charge in [0.2, 0.25) is 0 Å². The summed E-state index contributed by atoms with van der Waals surface area (Å²) in [5.41, 5.74) is 11.3. The first-order chi connectivity index (χ1) is 9.38. The number of fused-ring (bicyclic) bond motifs is 1. The fourth-order valence-electron chi connectivity index (χ4n) is 3.12. The van der Waals surface area contributed by atoms with E-state index in [1.165, 1.54) is 41.5 Å². The maximum absolute atomic E-state index is 5.76. The standard InChI is InChI=1S/C17H20N2/c18-9-6-15-3-1-2-14-4-5-16(12-17(14)15)13-7-10-19-11-8-13/h4-5,7-8,10-12,15H,1-3,6,9,18H2. The van der Waals surface area contributed by atoms with E-state index in [4.69, 9.17) is 5.73 Å². The monoisotopic (exact) mass is 252 g/mol. The summed E-state index contributed by atoms with van der Waals surface area (Å²) in [4.78, 5) is 4.09. The van der Waals surface area contributed by atoms with Crippen LogP contribution in [0.25, 0.3) is 11.1 Å². The molecule has 0 bridgehead atoms. The van der Waals surface area contributed by atoms with E-state index in [-0.39, 0.29) is 0 Å². The quantitative estimate of drug-likeness (QED) is 0.907. The predicted octanol–water partition coefficient (Wildman–Crippen LogP) is 3.52. The van der Waals surface area contributed by atoms with Crippen molar-refractivity contribution in [1.29, 1.82) is 0 Å². The van der Waals surface area contributed by atoms with Gasteiger partial charge in [0, 0.05) is 12.4 Å². The fraction of sp³-hybridized carbons (Fsp3) is 0.353. The highest BCUT2D eigenvalue weighted by Crippen LogP contribution is 2.36. The summed E-state index contributed by atoms with van der Waals surface area (Å²) in [5, 5.41) is 0. The number of benzene rings is 1. The van der Waals surface area contributed by atoms with Crippen LogP contribution in [0, 0.1) is 0 Å². The van der Waals surface area contributed by atoms with Gasteiger partial charge in [-0.1, -0.05) is 18.2 Å². The molecule has 98 valence electrons. The molecule has 2 N–H and O–H groups in total. The Morgan fingerprint density at radius 3 is 2.74 bits per heavy atom. The molecular formula is C17H20N2. The zero-order valence-corrected chi connectivity index (χ0v) is 11.2. The Balaban J connectivity index is 2.00. The van der Waals surface area contributed by atoms with Crippen LogP contribution in [0.15, 0.2) is 42.7 Å². The van der Waals surface area contributed by atoms with Gasteiger partial charge in [0.25, 0.3) is 0 Å². The molecule has 1 atom stereocenters. The third-order valence-corrected chi connectivity index (χ3v) is 4.11. The zero-order valence-electron chi connectivity index (χ0n) is 11.2. The van der Waals surface area contributed by atoms with Crippen molar-refractivity contribution < 1.29 is 0 Å². The van der Waals surface area contributed by atoms with Gasteiger partial charge < -0.3 is 5.73 Å². The highest BCUT2D eigenvalue weighted by molar-refractivity contribution is 5.64. The Hall–Kier alpha value is -1.67. The van der Waals surface area contributed by atoms with E-state index in [2.05, 4.69) is 35.3 Å². The second-order valence-corrected chi connectivity index (χ2v) is 5.32. The SMILES string of the molecule is NCCC1CCCc2ccc(-c3ccncc3)cc21. The average molecular weight is 252 g/mol. The van der Waals surface area contributed by atoms with E-state index >= 15 is 0 Å². The number of nitrogens with zero attached hydrogens (tertiary/aromatic N) is 1. The second kappa shape index (κ2) is 5.54. The molecule has 1 aliphatic carbocycles. The number of rotatable bonds is 3. The van der Waals surface area contributed by atoms with Crippen LogP contribution < -0.4 is 5.73 Å². The molecule has 0 aliphatic heterocycles. The van der Waals surface area contributed by atoms with E-state index in [0.29, 0.717) is 5.92 Å². The van der Waals surface area contributed by atoms with Crippen LogP contribution in [0.4, 0.5) is 0 Å². The van der Waals surface area contributed by atoms with Crippen LogP contribution in [-0.4, -0.2) is 11.5 Å². The van der Waals surface area contributed by atoms with Gasteiger partial charge in [0.15, 0.2) is 0 Å². The highest BCUT2D eigenvalue weighted by Gasteiger charge is 2.19. The minimum atomic E-state index is 0.649. The molecule has 1 unspecified atom stereocenters. The molecule has 19 heavy (non-hydrogen) atoms. The summed E-state index contributed by atoms with van der Waals surface area (Å²) in [7, 11) is 0. The Labute approximate surface area is 114 Å². The molecule has 1 aromatic carbocycles. The fourth-order valence-corrected chi connectivity index (χ4v) is 3.12. The highest BCUT2D eigenvalue weighted by atomic mass is 14.6. The molecule has 0 amide bonds. The lowest BCUT2D eigenvalue weighted by Crippen LogP contribution is -2.14. The van der Waals surface area contributed by atoms with Gasteiger partial charge in [0.1, 0.15) is 0 Å². The Bertz CT molecular complexity index is 548. The second-order valence-electron chi connectivity index (χ2n) is 5.32. The predicted molar refractivity (Wildman–Crippen MR) is 79.0 cm³/mol. The minimum Gasteiger partial charge on any atom is -0.330 e. The molecule has 1 heterocycles. The molecule has 1 aliphatic rings. The van der Waals surface area contributed by atoms with Crippen LogP contribution in [0.2, 0.25) is 0 Å². The number of nitrogens with two attached hydrogens (primary N) is 1. The zero-order chi connectivity index (χ0) is 13.1. The van der Waals surface area contributed by atoms with Crippen molar-refractivity contribution in [2.45, 2.75) is 31.6 Å². The van der Waals surface area contributed by atoms with Crippen molar-refractivity contribution in [2.75, 3.05) is 6.54 Å². The molecule has 2 aromatic rings. The van der Waals surface area contributed by atoms with Gasteiger partial charge in [-0.25, -0.2) is 0 Å². The van der Waals surface area contributed by atoms with Crippen LogP contribution in [-0.2, 0) is 6.42 Å². The summed E-state index contributed by atoms with van der Waals surface area (Å²) in [6.45, 7) is 0.781. The van der Waals surface area contributed by atoms with Crippen LogP contribution in [0.1, 0.15) is 36.3 Å². The van der Waals surface area contributed by atoms with Crippen LogP contribution in [0.5, 0.6) is 0 Å². The van der Waals surface area contributed by atoms with Gasteiger partial charge >= 0.3 is 0 Å². The molecule has 0 saturated heterocycles. The number of hydrogen-bond donors (Lipinski definition) is 1. The van der Waals surface area contributed by atoms with Gasteiger partial charge in [0.05, 0.1) is 0 Å². The van der Waals surface area contributed by atoms with E-state index < -0.39 is 0 Å². The number of aromatic nitrogens is 1. The Morgan fingerprint density at radius 1 is 1.11 bits per heavy atom. The van der Waals surface area contributed by atoms with E-state index in [9.17, 15) is 0 Å². The van der Waals surface area contributed by atoms with E-state index in [0.717, 1.165) is 13.0 Å². The number of aryl methyl sites for hydroxylation is 1. The Kier molecular flexibility index (Phi) is 3.60. The van der Waals surface area contributed by atoms with Crippen molar-refractivity contribution in [3.8, 4) is 11.1 Å². The minimum absolute atomic E-state index is 0.649. The molecule has 0 spiro atoms. The van der Waals surface area contributed by atoms with Crippen LogP contribution in [0.3, 0.4) is 0 Å². The van der Waals surface area contributed by atoms with Gasteiger partial charge in [-0.2, -0.15) is 0 Å². The molecule has 0 fully saturated rings.